The Morgan fingerprint density at radius 3 is 2.58 bits per heavy atom. The topological polar surface area (TPSA) is 41.9 Å². The number of hydrogen-bond donors (Lipinski definition) is 2. The van der Waals surface area contributed by atoms with Crippen molar-refractivity contribution in [1.82, 2.24) is 9.78 Å². The van der Waals surface area contributed by atoms with E-state index in [-0.39, 0.29) is 0 Å². The van der Waals surface area contributed by atoms with Gasteiger partial charge in [-0.3, -0.25) is 4.68 Å². The van der Waals surface area contributed by atoms with Gasteiger partial charge in [-0.1, -0.05) is 47.5 Å². The van der Waals surface area contributed by atoms with E-state index in [1.165, 1.54) is 0 Å². The molecule has 2 N–H and O–H groups in total. The van der Waals surface area contributed by atoms with Crippen molar-refractivity contribution in [3.05, 3.63) is 75.4 Å². The van der Waals surface area contributed by atoms with Crippen molar-refractivity contribution < 1.29 is 0 Å². The maximum absolute atomic E-state index is 6.26. The first-order chi connectivity index (χ1) is 12.4. The van der Waals surface area contributed by atoms with Crippen LogP contribution in [-0.4, -0.2) is 14.9 Å². The summed E-state index contributed by atoms with van der Waals surface area (Å²) in [4.78, 5) is 0. The number of rotatable bonds is 4. The summed E-state index contributed by atoms with van der Waals surface area (Å²) in [6.45, 7) is 4.57. The van der Waals surface area contributed by atoms with E-state index < -0.39 is 0 Å². The molecule has 3 aromatic rings. The minimum absolute atomic E-state index is 0.494. The Kier molecular flexibility index (Phi) is 5.81. The zero-order valence-corrected chi connectivity index (χ0v) is 16.7. The highest BCUT2D eigenvalue weighted by atomic mass is 35.5. The summed E-state index contributed by atoms with van der Waals surface area (Å²) in [6, 6.07) is 15.4. The van der Waals surface area contributed by atoms with Crippen molar-refractivity contribution >= 4 is 52.0 Å². The maximum atomic E-state index is 6.26. The monoisotopic (exact) mass is 404 g/mol. The van der Waals surface area contributed by atoms with E-state index >= 15 is 0 Å². The minimum Gasteiger partial charge on any atom is -0.332 e. The van der Waals surface area contributed by atoms with Crippen LogP contribution >= 0.6 is 35.4 Å². The summed E-state index contributed by atoms with van der Waals surface area (Å²) in [5, 5.41) is 12.6. The molecule has 134 valence electrons. The summed E-state index contributed by atoms with van der Waals surface area (Å²) in [7, 11) is 0. The lowest BCUT2D eigenvalue weighted by Crippen LogP contribution is -2.20. The molecule has 0 radical (unpaired) electrons. The third-order valence-electron chi connectivity index (χ3n) is 3.95. The first-order valence-electron chi connectivity index (χ1n) is 8.04. The third-order valence-corrected chi connectivity index (χ3v) is 4.74. The molecule has 3 rings (SSSR count). The summed E-state index contributed by atoms with van der Waals surface area (Å²) in [6.07, 6.45) is 0. The lowest BCUT2D eigenvalue weighted by molar-refractivity contribution is 0.668. The first-order valence-corrected chi connectivity index (χ1v) is 9.21. The second-order valence-corrected chi connectivity index (χ2v) is 7.21. The predicted molar refractivity (Wildman–Crippen MR) is 114 cm³/mol. The fourth-order valence-corrected chi connectivity index (χ4v) is 3.21. The van der Waals surface area contributed by atoms with Gasteiger partial charge in [-0.2, -0.15) is 5.10 Å². The van der Waals surface area contributed by atoms with Crippen LogP contribution in [0.2, 0.25) is 10.0 Å². The lowest BCUT2D eigenvalue weighted by Gasteiger charge is -2.10. The lowest BCUT2D eigenvalue weighted by atomic mass is 10.2. The molecule has 7 heteroatoms. The zero-order valence-electron chi connectivity index (χ0n) is 14.4. The molecule has 4 nitrogen and oxygen atoms in total. The normalized spacial score (nSPS) is 10.6. The van der Waals surface area contributed by atoms with Crippen molar-refractivity contribution in [2.24, 2.45) is 0 Å². The number of nitrogens with one attached hydrogen (secondary N) is 2. The average molecular weight is 405 g/mol. The summed E-state index contributed by atoms with van der Waals surface area (Å²) < 4.78 is 1.87. The number of para-hydroxylation sites is 1. The zero-order chi connectivity index (χ0) is 18.7. The van der Waals surface area contributed by atoms with Gasteiger partial charge < -0.3 is 10.6 Å². The molecule has 0 saturated heterocycles. The van der Waals surface area contributed by atoms with E-state index in [9.17, 15) is 0 Å². The quantitative estimate of drug-likeness (QED) is 0.550. The Bertz CT molecular complexity index is 952. The highest BCUT2D eigenvalue weighted by Crippen LogP contribution is 2.22. The van der Waals surface area contributed by atoms with Gasteiger partial charge in [0.05, 0.1) is 6.54 Å². The number of hydrogen-bond acceptors (Lipinski definition) is 2. The largest absolute Gasteiger partial charge is 0.332 e. The van der Waals surface area contributed by atoms with Crippen molar-refractivity contribution in [2.75, 3.05) is 10.6 Å². The molecule has 0 atom stereocenters. The van der Waals surface area contributed by atoms with Crippen molar-refractivity contribution in [2.45, 2.75) is 20.4 Å². The van der Waals surface area contributed by atoms with Crippen LogP contribution in [0.3, 0.4) is 0 Å². The van der Waals surface area contributed by atoms with Crippen LogP contribution in [-0.2, 0) is 6.54 Å². The first kappa shape index (κ1) is 18.7. The number of nitrogens with zero attached hydrogens (tertiary/aromatic N) is 2. The smallest absolute Gasteiger partial charge is 0.176 e. The van der Waals surface area contributed by atoms with E-state index in [1.54, 1.807) is 6.07 Å². The molecule has 0 aliphatic carbocycles. The molecule has 1 aromatic heterocycles. The summed E-state index contributed by atoms with van der Waals surface area (Å²) in [5.74, 6) is 0.679. The Balaban J connectivity index is 1.70. The summed E-state index contributed by atoms with van der Waals surface area (Å²) >= 11 is 17.6. The van der Waals surface area contributed by atoms with Gasteiger partial charge in [0, 0.05) is 27.5 Å². The predicted octanol–water partition coefficient (Wildman–Crippen LogP) is 5.66. The van der Waals surface area contributed by atoms with Crippen LogP contribution in [0.1, 0.15) is 16.8 Å². The molecule has 0 aliphatic heterocycles. The highest BCUT2D eigenvalue weighted by Gasteiger charge is 2.09. The minimum atomic E-state index is 0.494. The fourth-order valence-electron chi connectivity index (χ4n) is 2.53. The second kappa shape index (κ2) is 8.08. The van der Waals surface area contributed by atoms with E-state index in [1.807, 2.05) is 61.0 Å². The molecule has 0 saturated carbocycles. The average Bonchev–Trinajstić information content (AvgIpc) is 2.91. The Morgan fingerprint density at radius 1 is 1.08 bits per heavy atom. The number of thiocarbonyl (C=S) groups is 1. The van der Waals surface area contributed by atoms with E-state index in [4.69, 9.17) is 35.4 Å². The van der Waals surface area contributed by atoms with Gasteiger partial charge in [0.2, 0.25) is 0 Å². The van der Waals surface area contributed by atoms with Gasteiger partial charge in [-0.05, 0) is 55.4 Å². The van der Waals surface area contributed by atoms with Gasteiger partial charge in [-0.25, -0.2) is 0 Å². The number of aromatic nitrogens is 2. The van der Waals surface area contributed by atoms with Gasteiger partial charge in [0.15, 0.2) is 10.9 Å². The SMILES string of the molecule is Cc1ccccc1NC(=S)Nc1cc(C)n(Cc2ccc(Cl)cc2Cl)n1. The molecule has 0 spiro atoms. The van der Waals surface area contributed by atoms with Crippen molar-refractivity contribution in [1.29, 1.82) is 0 Å². The van der Waals surface area contributed by atoms with E-state index in [2.05, 4.69) is 15.7 Å². The van der Waals surface area contributed by atoms with Gasteiger partial charge in [-0.15, -0.1) is 0 Å². The molecular weight excluding hydrogens is 387 g/mol. The Labute approximate surface area is 168 Å². The molecule has 0 fully saturated rings. The molecule has 0 bridgehead atoms. The fraction of sp³-hybridized carbons (Fsp3) is 0.158. The van der Waals surface area contributed by atoms with Crippen LogP contribution in [0.5, 0.6) is 0 Å². The molecule has 26 heavy (non-hydrogen) atoms. The molecular formula is C19H18Cl2N4S. The molecule has 1 heterocycles. The van der Waals surface area contributed by atoms with Gasteiger partial charge in [0.25, 0.3) is 0 Å². The van der Waals surface area contributed by atoms with Gasteiger partial charge in [0.1, 0.15) is 0 Å². The number of benzene rings is 2. The molecule has 0 unspecified atom stereocenters. The summed E-state index contributed by atoms with van der Waals surface area (Å²) in [5.41, 5.74) is 4.04. The van der Waals surface area contributed by atoms with Crippen LogP contribution in [0.15, 0.2) is 48.5 Å². The third kappa shape index (κ3) is 4.55. The highest BCUT2D eigenvalue weighted by molar-refractivity contribution is 7.80. The van der Waals surface area contributed by atoms with Crippen molar-refractivity contribution in [3.8, 4) is 0 Å². The van der Waals surface area contributed by atoms with Crippen LogP contribution in [0.25, 0.3) is 0 Å². The van der Waals surface area contributed by atoms with E-state index in [0.717, 1.165) is 22.5 Å². The van der Waals surface area contributed by atoms with Crippen LogP contribution in [0.4, 0.5) is 11.5 Å². The standard InChI is InChI=1S/C19H18Cl2N4S/c1-12-5-3-4-6-17(12)22-19(26)23-18-9-13(2)25(24-18)11-14-7-8-15(20)10-16(14)21/h3-10H,11H2,1-2H3,(H2,22,23,24,26). The van der Waals surface area contributed by atoms with E-state index in [0.29, 0.717) is 27.5 Å². The van der Waals surface area contributed by atoms with Crippen molar-refractivity contribution in [3.63, 3.8) is 0 Å². The molecule has 0 amide bonds. The number of anilines is 2. The molecule has 2 aromatic carbocycles. The maximum Gasteiger partial charge on any atom is 0.176 e. The number of halogens is 2. The van der Waals surface area contributed by atoms with Gasteiger partial charge >= 0.3 is 0 Å². The second-order valence-electron chi connectivity index (χ2n) is 5.96. The van der Waals surface area contributed by atoms with Crippen LogP contribution in [0, 0.1) is 13.8 Å². The van der Waals surface area contributed by atoms with Crippen LogP contribution < -0.4 is 10.6 Å². The Hall–Kier alpha value is -2.08. The Morgan fingerprint density at radius 2 is 1.85 bits per heavy atom. The molecule has 0 aliphatic rings. The number of aryl methyl sites for hydroxylation is 2.